The maximum atomic E-state index is 12.9. The van der Waals surface area contributed by atoms with Gasteiger partial charge in [0.05, 0.1) is 17.5 Å². The molecule has 5 nitrogen and oxygen atoms in total. The van der Waals surface area contributed by atoms with Crippen LogP contribution in [0.2, 0.25) is 0 Å². The molecule has 9 heteroatoms. The zero-order valence-corrected chi connectivity index (χ0v) is 23.4. The monoisotopic (exact) mass is 592 g/mol. The molecule has 0 unspecified atom stereocenters. The zero-order valence-electron chi connectivity index (χ0n) is 21.7. The van der Waals surface area contributed by atoms with Gasteiger partial charge in [-0.1, -0.05) is 97.1 Å². The molecule has 0 aliphatic carbocycles. The summed E-state index contributed by atoms with van der Waals surface area (Å²) >= 11 is 0. The fraction of sp³-hybridized carbons (Fsp3) is 0.0938. The van der Waals surface area contributed by atoms with Crippen molar-refractivity contribution in [3.05, 3.63) is 139 Å². The lowest BCUT2D eigenvalue weighted by atomic mass is 10.0. The Morgan fingerprint density at radius 2 is 1.12 bits per heavy atom. The third-order valence-corrected chi connectivity index (χ3v) is 9.00. The zero-order chi connectivity index (χ0) is 29.3. The highest BCUT2D eigenvalue weighted by atomic mass is 32.2. The minimum atomic E-state index is -6.09. The van der Waals surface area contributed by atoms with E-state index in [1.54, 1.807) is 18.2 Å². The van der Waals surface area contributed by atoms with E-state index in [1.165, 1.54) is 14.7 Å². The number of ether oxygens (including phenoxy) is 1. The standard InChI is InChI=1S/C18H15S.C14H12F2O5S/c1-4-10-16(11-5-1)19(17-12-6-2-7-13-17)18-14-8-3-9-15-18;15-14(16,22(18,19)20)13(17)21-9-8-11-6-3-5-10-4-1-2-7-12(10)11/h1-15H;1-7H,8-9H2,(H,18,19,20)/q+1;/p-1. The van der Waals surface area contributed by atoms with E-state index in [2.05, 4.69) is 95.7 Å². The SMILES string of the molecule is O=C(OCCc1cccc2ccccc12)C(F)(F)S(=O)(=O)[O-].c1ccc([S+](c2ccccc2)c2ccccc2)cc1. The molecule has 0 radical (unpaired) electrons. The van der Waals surface area contributed by atoms with Gasteiger partial charge in [-0.25, -0.2) is 13.2 Å². The van der Waals surface area contributed by atoms with Gasteiger partial charge in [-0.15, -0.1) is 0 Å². The average Bonchev–Trinajstić information content (AvgIpc) is 2.99. The molecular formula is C32H26F2O5S2. The summed E-state index contributed by atoms with van der Waals surface area (Å²) < 4.78 is 61.0. The Hall–Kier alpha value is -4.05. The van der Waals surface area contributed by atoms with Crippen LogP contribution in [0.3, 0.4) is 0 Å². The Bertz CT molecular complexity index is 1580. The van der Waals surface area contributed by atoms with E-state index in [1.807, 2.05) is 24.3 Å². The second-order valence-electron chi connectivity index (χ2n) is 8.74. The summed E-state index contributed by atoms with van der Waals surface area (Å²) in [6, 6.07) is 44.8. The van der Waals surface area contributed by atoms with Gasteiger partial charge in [0.25, 0.3) is 0 Å². The minimum Gasteiger partial charge on any atom is -0.743 e. The van der Waals surface area contributed by atoms with E-state index in [4.69, 9.17) is 0 Å². The number of esters is 1. The highest BCUT2D eigenvalue weighted by molar-refractivity contribution is 7.97. The van der Waals surface area contributed by atoms with E-state index in [0.717, 1.165) is 16.3 Å². The third kappa shape index (κ3) is 7.58. The second-order valence-corrected chi connectivity index (χ2v) is 12.2. The summed E-state index contributed by atoms with van der Waals surface area (Å²) in [7, 11) is -6.10. The molecule has 0 saturated heterocycles. The normalized spacial score (nSPS) is 11.5. The van der Waals surface area contributed by atoms with Crippen LogP contribution in [0, 0.1) is 0 Å². The van der Waals surface area contributed by atoms with E-state index in [9.17, 15) is 26.5 Å². The van der Waals surface area contributed by atoms with Crippen molar-refractivity contribution in [3.8, 4) is 0 Å². The molecule has 0 saturated carbocycles. The third-order valence-electron chi connectivity index (χ3n) is 5.97. The van der Waals surface area contributed by atoms with Gasteiger partial charge in [0.15, 0.2) is 24.8 Å². The first-order chi connectivity index (χ1) is 19.7. The molecule has 0 aromatic heterocycles. The lowest BCUT2D eigenvalue weighted by Gasteiger charge is -2.18. The first kappa shape index (κ1) is 29.9. The van der Waals surface area contributed by atoms with Crippen LogP contribution in [0.5, 0.6) is 0 Å². The Morgan fingerprint density at radius 3 is 1.61 bits per heavy atom. The quantitative estimate of drug-likeness (QED) is 0.112. The maximum absolute atomic E-state index is 12.9. The molecule has 0 atom stereocenters. The highest BCUT2D eigenvalue weighted by Gasteiger charge is 2.48. The van der Waals surface area contributed by atoms with E-state index in [-0.39, 0.29) is 17.3 Å². The molecule has 0 spiro atoms. The summed E-state index contributed by atoms with van der Waals surface area (Å²) in [6.07, 6.45) is 0.113. The molecule has 0 aliphatic heterocycles. The van der Waals surface area contributed by atoms with Crippen molar-refractivity contribution in [1.82, 2.24) is 0 Å². The van der Waals surface area contributed by atoms with Crippen LogP contribution in [0.25, 0.3) is 10.8 Å². The first-order valence-electron chi connectivity index (χ1n) is 12.5. The van der Waals surface area contributed by atoms with Crippen molar-refractivity contribution >= 4 is 37.8 Å². The first-order valence-corrected chi connectivity index (χ1v) is 15.2. The highest BCUT2D eigenvalue weighted by Crippen LogP contribution is 2.30. The summed E-state index contributed by atoms with van der Waals surface area (Å²) in [5, 5.41) is -3.28. The molecule has 0 heterocycles. The van der Waals surface area contributed by atoms with Crippen LogP contribution in [-0.4, -0.2) is 30.8 Å². The summed E-state index contributed by atoms with van der Waals surface area (Å²) in [5.74, 6) is -2.36. The van der Waals surface area contributed by atoms with E-state index >= 15 is 0 Å². The molecule has 0 N–H and O–H groups in total. The number of hydrogen-bond acceptors (Lipinski definition) is 5. The van der Waals surface area contributed by atoms with Crippen molar-refractivity contribution in [2.75, 3.05) is 6.61 Å². The number of alkyl halides is 2. The number of carbonyl (C=O) groups is 1. The maximum Gasteiger partial charge on any atom is 0.428 e. The van der Waals surface area contributed by atoms with Crippen molar-refractivity contribution in [3.63, 3.8) is 0 Å². The Morgan fingerprint density at radius 1 is 0.683 bits per heavy atom. The number of fused-ring (bicyclic) bond motifs is 1. The average molecular weight is 593 g/mol. The van der Waals surface area contributed by atoms with Gasteiger partial charge in [-0.05, 0) is 52.7 Å². The summed E-state index contributed by atoms with van der Waals surface area (Å²) in [6.45, 7) is -0.460. The van der Waals surface area contributed by atoms with Crippen molar-refractivity contribution < 1.29 is 31.3 Å². The van der Waals surface area contributed by atoms with Gasteiger partial charge in [-0.2, -0.15) is 8.78 Å². The molecule has 210 valence electrons. The van der Waals surface area contributed by atoms with Gasteiger partial charge in [-0.3, -0.25) is 0 Å². The van der Waals surface area contributed by atoms with Crippen LogP contribution in [0.15, 0.2) is 148 Å². The number of rotatable bonds is 8. The molecule has 41 heavy (non-hydrogen) atoms. The van der Waals surface area contributed by atoms with Crippen LogP contribution >= 0.6 is 0 Å². The van der Waals surface area contributed by atoms with E-state index in [0.29, 0.717) is 0 Å². The van der Waals surface area contributed by atoms with Crippen LogP contribution in [-0.2, 0) is 37.0 Å². The molecule has 0 amide bonds. The van der Waals surface area contributed by atoms with Gasteiger partial charge < -0.3 is 9.29 Å². The summed E-state index contributed by atoms with van der Waals surface area (Å²) in [4.78, 5) is 15.1. The largest absolute Gasteiger partial charge is 0.743 e. The Balaban J connectivity index is 0.000000191. The van der Waals surface area contributed by atoms with Crippen LogP contribution in [0.4, 0.5) is 8.78 Å². The van der Waals surface area contributed by atoms with Crippen molar-refractivity contribution in [2.24, 2.45) is 0 Å². The molecular weight excluding hydrogens is 566 g/mol. The van der Waals surface area contributed by atoms with Gasteiger partial charge in [0, 0.05) is 6.42 Å². The Labute approximate surface area is 240 Å². The van der Waals surface area contributed by atoms with Gasteiger partial charge in [0.1, 0.15) is 0 Å². The van der Waals surface area contributed by atoms with Crippen LogP contribution in [0.1, 0.15) is 5.56 Å². The predicted molar refractivity (Wildman–Crippen MR) is 155 cm³/mol. The van der Waals surface area contributed by atoms with Crippen LogP contribution < -0.4 is 0 Å². The molecule has 5 aromatic carbocycles. The van der Waals surface area contributed by atoms with Gasteiger partial charge >= 0.3 is 11.2 Å². The molecule has 0 bridgehead atoms. The molecule has 5 aromatic rings. The molecule has 0 fully saturated rings. The number of hydrogen-bond donors (Lipinski definition) is 0. The van der Waals surface area contributed by atoms with Crippen molar-refractivity contribution in [2.45, 2.75) is 26.4 Å². The number of carbonyl (C=O) groups excluding carboxylic acids is 1. The molecule has 0 aliphatic rings. The predicted octanol–water partition coefficient (Wildman–Crippen LogP) is 6.85. The number of benzene rings is 5. The number of halogens is 2. The molecule has 5 rings (SSSR count). The lowest BCUT2D eigenvalue weighted by molar-refractivity contribution is -0.161. The second kappa shape index (κ2) is 13.5. The van der Waals surface area contributed by atoms with E-state index < -0.39 is 27.9 Å². The Kier molecular flexibility index (Phi) is 9.88. The fourth-order valence-electron chi connectivity index (χ4n) is 4.03. The minimum absolute atomic E-state index is 0.0146. The van der Waals surface area contributed by atoms with Gasteiger partial charge in [0.2, 0.25) is 0 Å². The topological polar surface area (TPSA) is 83.5 Å². The summed E-state index contributed by atoms with van der Waals surface area (Å²) in [5.41, 5.74) is 0.749. The van der Waals surface area contributed by atoms with Crippen molar-refractivity contribution in [1.29, 1.82) is 0 Å². The fourth-order valence-corrected chi connectivity index (χ4v) is 6.40. The lowest BCUT2D eigenvalue weighted by Crippen LogP contribution is -2.39. The smallest absolute Gasteiger partial charge is 0.428 e.